The molecule has 0 bridgehead atoms. The summed E-state index contributed by atoms with van der Waals surface area (Å²) < 4.78 is 13.6. The lowest BCUT2D eigenvalue weighted by Crippen LogP contribution is -1.95. The van der Waals surface area contributed by atoms with Crippen LogP contribution in [-0.4, -0.2) is 0 Å². The van der Waals surface area contributed by atoms with E-state index in [-0.39, 0.29) is 5.82 Å². The molecule has 0 aliphatic rings. The Morgan fingerprint density at radius 3 is 2.50 bits per heavy atom. The summed E-state index contributed by atoms with van der Waals surface area (Å²) in [4.78, 5) is 0. The van der Waals surface area contributed by atoms with Crippen molar-refractivity contribution in [3.63, 3.8) is 0 Å². The molecule has 0 fully saturated rings. The number of hydrogen-bond acceptors (Lipinski definition) is 2. The molecular weight excluding hydrogens is 203 g/mol. The Hall–Kier alpha value is -2.34. The van der Waals surface area contributed by atoms with Gasteiger partial charge in [0.2, 0.25) is 0 Å². The van der Waals surface area contributed by atoms with Crippen LogP contribution in [0, 0.1) is 17.1 Å². The van der Waals surface area contributed by atoms with Crippen molar-refractivity contribution in [3.8, 4) is 17.2 Å². The molecule has 0 aromatic heterocycles. The van der Waals surface area contributed by atoms with E-state index in [4.69, 9.17) is 11.0 Å². The molecule has 0 radical (unpaired) electrons. The van der Waals surface area contributed by atoms with E-state index in [0.717, 1.165) is 0 Å². The summed E-state index contributed by atoms with van der Waals surface area (Å²) >= 11 is 0. The van der Waals surface area contributed by atoms with Crippen molar-refractivity contribution in [1.82, 2.24) is 0 Å². The fourth-order valence-corrected chi connectivity index (χ4v) is 1.63. The molecule has 16 heavy (non-hydrogen) atoms. The van der Waals surface area contributed by atoms with Crippen molar-refractivity contribution in [2.45, 2.75) is 0 Å². The van der Waals surface area contributed by atoms with E-state index in [2.05, 4.69) is 0 Å². The van der Waals surface area contributed by atoms with Crippen molar-refractivity contribution in [3.05, 3.63) is 53.8 Å². The smallest absolute Gasteiger partial charge is 0.131 e. The maximum Gasteiger partial charge on any atom is 0.131 e. The van der Waals surface area contributed by atoms with Gasteiger partial charge in [0.1, 0.15) is 5.82 Å². The summed E-state index contributed by atoms with van der Waals surface area (Å²) in [6.45, 7) is 0. The minimum Gasteiger partial charge on any atom is -0.398 e. The van der Waals surface area contributed by atoms with Gasteiger partial charge in [-0.15, -0.1) is 0 Å². The molecule has 2 N–H and O–H groups in total. The summed E-state index contributed by atoms with van der Waals surface area (Å²) in [6.07, 6.45) is 0. The molecule has 2 aromatic rings. The van der Waals surface area contributed by atoms with Crippen molar-refractivity contribution in [1.29, 1.82) is 5.26 Å². The molecule has 0 amide bonds. The maximum atomic E-state index is 13.6. The lowest BCUT2D eigenvalue weighted by Gasteiger charge is -2.08. The number of benzene rings is 2. The highest BCUT2D eigenvalue weighted by Gasteiger charge is 2.11. The van der Waals surface area contributed by atoms with Gasteiger partial charge in [-0.2, -0.15) is 5.26 Å². The number of halogens is 1. The van der Waals surface area contributed by atoms with Crippen LogP contribution >= 0.6 is 0 Å². The summed E-state index contributed by atoms with van der Waals surface area (Å²) in [5.41, 5.74) is 7.39. The molecule has 0 unspecified atom stereocenters. The van der Waals surface area contributed by atoms with Gasteiger partial charge in [0.05, 0.1) is 11.6 Å². The van der Waals surface area contributed by atoms with Crippen LogP contribution in [0.15, 0.2) is 42.5 Å². The Kier molecular flexibility index (Phi) is 2.57. The van der Waals surface area contributed by atoms with E-state index >= 15 is 0 Å². The molecular formula is C13H9FN2. The zero-order valence-electron chi connectivity index (χ0n) is 8.44. The van der Waals surface area contributed by atoms with Crippen LogP contribution in [-0.2, 0) is 0 Å². The Labute approximate surface area is 92.8 Å². The van der Waals surface area contributed by atoms with Crippen molar-refractivity contribution in [2.24, 2.45) is 0 Å². The Morgan fingerprint density at radius 2 is 1.81 bits per heavy atom. The molecule has 0 atom stereocenters. The van der Waals surface area contributed by atoms with Gasteiger partial charge in [-0.3, -0.25) is 0 Å². The largest absolute Gasteiger partial charge is 0.398 e. The van der Waals surface area contributed by atoms with Crippen LogP contribution in [0.5, 0.6) is 0 Å². The van der Waals surface area contributed by atoms with Gasteiger partial charge in [-0.05, 0) is 18.2 Å². The van der Waals surface area contributed by atoms with Gasteiger partial charge in [-0.1, -0.05) is 24.3 Å². The topological polar surface area (TPSA) is 49.8 Å². The number of nitrogens with two attached hydrogens (primary N) is 1. The molecule has 0 heterocycles. The molecule has 2 aromatic carbocycles. The highest BCUT2D eigenvalue weighted by Crippen LogP contribution is 2.31. The number of nitrogen functional groups attached to an aromatic ring is 1. The number of nitrogens with zero attached hydrogens (tertiary/aromatic N) is 1. The van der Waals surface area contributed by atoms with E-state index in [0.29, 0.717) is 22.4 Å². The predicted octanol–water partition coefficient (Wildman–Crippen LogP) is 2.95. The minimum atomic E-state index is -0.378. The van der Waals surface area contributed by atoms with E-state index < -0.39 is 0 Å². The molecule has 2 rings (SSSR count). The molecule has 0 aliphatic carbocycles. The summed E-state index contributed by atoms with van der Waals surface area (Å²) in [5.74, 6) is -0.378. The predicted molar refractivity (Wildman–Crippen MR) is 61.0 cm³/mol. The molecule has 3 heteroatoms. The Bertz CT molecular complexity index is 570. The number of nitriles is 1. The Morgan fingerprint density at radius 1 is 1.06 bits per heavy atom. The molecule has 0 aliphatic heterocycles. The van der Waals surface area contributed by atoms with Crippen LogP contribution in [0.2, 0.25) is 0 Å². The third kappa shape index (κ3) is 1.61. The minimum absolute atomic E-state index is 0.358. The fourth-order valence-electron chi connectivity index (χ4n) is 1.63. The van der Waals surface area contributed by atoms with Gasteiger partial charge in [-0.25, -0.2) is 4.39 Å². The quantitative estimate of drug-likeness (QED) is 0.739. The second-order valence-electron chi connectivity index (χ2n) is 3.36. The average Bonchev–Trinajstić information content (AvgIpc) is 2.30. The summed E-state index contributed by atoms with van der Waals surface area (Å²) in [6, 6.07) is 13.3. The van der Waals surface area contributed by atoms with Gasteiger partial charge >= 0.3 is 0 Å². The van der Waals surface area contributed by atoms with Crippen molar-refractivity contribution >= 4 is 5.69 Å². The van der Waals surface area contributed by atoms with Crippen LogP contribution < -0.4 is 5.73 Å². The van der Waals surface area contributed by atoms with E-state index in [1.807, 2.05) is 6.07 Å². The van der Waals surface area contributed by atoms with Crippen molar-refractivity contribution in [2.75, 3.05) is 5.73 Å². The second kappa shape index (κ2) is 4.03. The zero-order chi connectivity index (χ0) is 11.5. The van der Waals surface area contributed by atoms with Crippen LogP contribution in [0.3, 0.4) is 0 Å². The highest BCUT2D eigenvalue weighted by atomic mass is 19.1. The first-order valence-corrected chi connectivity index (χ1v) is 4.77. The van der Waals surface area contributed by atoms with Gasteiger partial charge in [0, 0.05) is 16.8 Å². The maximum absolute atomic E-state index is 13.6. The SMILES string of the molecule is N#Cc1cccc(N)c1-c1ccccc1F. The van der Waals surface area contributed by atoms with Gasteiger partial charge in [0.15, 0.2) is 0 Å². The molecule has 0 spiro atoms. The summed E-state index contributed by atoms with van der Waals surface area (Å²) in [5, 5.41) is 8.97. The second-order valence-corrected chi connectivity index (χ2v) is 3.36. The highest BCUT2D eigenvalue weighted by molar-refractivity contribution is 5.81. The lowest BCUT2D eigenvalue weighted by molar-refractivity contribution is 0.631. The molecule has 78 valence electrons. The number of hydrogen-bond donors (Lipinski definition) is 1. The van der Waals surface area contributed by atoms with Crippen LogP contribution in [0.4, 0.5) is 10.1 Å². The first-order valence-electron chi connectivity index (χ1n) is 4.77. The summed E-state index contributed by atoms with van der Waals surface area (Å²) in [7, 11) is 0. The average molecular weight is 212 g/mol. The fraction of sp³-hybridized carbons (Fsp3) is 0. The van der Waals surface area contributed by atoms with E-state index in [9.17, 15) is 4.39 Å². The van der Waals surface area contributed by atoms with Gasteiger partial charge < -0.3 is 5.73 Å². The first-order chi connectivity index (χ1) is 7.74. The van der Waals surface area contributed by atoms with E-state index in [1.54, 1.807) is 36.4 Å². The number of rotatable bonds is 1. The third-order valence-electron chi connectivity index (χ3n) is 2.36. The zero-order valence-corrected chi connectivity index (χ0v) is 8.44. The number of anilines is 1. The monoisotopic (exact) mass is 212 g/mol. The normalized spacial score (nSPS) is 9.75. The first kappa shape index (κ1) is 10.2. The molecule has 2 nitrogen and oxygen atoms in total. The Balaban J connectivity index is 2.75. The van der Waals surface area contributed by atoms with Gasteiger partial charge in [0.25, 0.3) is 0 Å². The van der Waals surface area contributed by atoms with Crippen LogP contribution in [0.1, 0.15) is 5.56 Å². The standard InChI is InChI=1S/C13H9FN2/c14-11-6-2-1-5-10(11)13-9(8-15)4-3-7-12(13)16/h1-7H,16H2. The lowest BCUT2D eigenvalue weighted by atomic mass is 9.98. The third-order valence-corrected chi connectivity index (χ3v) is 2.36. The molecule has 0 saturated carbocycles. The van der Waals surface area contributed by atoms with Crippen LogP contribution in [0.25, 0.3) is 11.1 Å². The van der Waals surface area contributed by atoms with Crippen molar-refractivity contribution < 1.29 is 4.39 Å². The molecule has 0 saturated heterocycles. The van der Waals surface area contributed by atoms with E-state index in [1.165, 1.54) is 6.07 Å².